The van der Waals surface area contributed by atoms with Gasteiger partial charge >= 0.3 is 6.18 Å². The number of halogens is 5. The molecule has 0 spiro atoms. The fraction of sp³-hybridized carbons (Fsp3) is 0.500. The molecule has 19 heavy (non-hydrogen) atoms. The van der Waals surface area contributed by atoms with Crippen molar-refractivity contribution in [3.05, 3.63) is 34.1 Å². The molecule has 0 aromatic heterocycles. The SMILES string of the molecule is CCC[C@H](O)[C@H](N)c1cc(C(F)(F)F)cc(Cl)c1F. The summed E-state index contributed by atoms with van der Waals surface area (Å²) >= 11 is 5.44. The Hall–Kier alpha value is -0.850. The van der Waals surface area contributed by atoms with Gasteiger partial charge < -0.3 is 10.8 Å². The first kappa shape index (κ1) is 16.2. The van der Waals surface area contributed by atoms with E-state index < -0.39 is 40.3 Å². The Morgan fingerprint density at radius 2 is 1.95 bits per heavy atom. The molecule has 0 radical (unpaired) electrons. The number of alkyl halides is 3. The minimum atomic E-state index is -4.65. The van der Waals surface area contributed by atoms with Crippen molar-refractivity contribution in [2.24, 2.45) is 5.73 Å². The predicted molar refractivity (Wildman–Crippen MR) is 64.3 cm³/mol. The van der Waals surface area contributed by atoms with E-state index in [2.05, 4.69) is 0 Å². The number of benzene rings is 1. The number of hydrogen-bond acceptors (Lipinski definition) is 2. The average Bonchev–Trinajstić information content (AvgIpc) is 2.30. The molecule has 0 saturated heterocycles. The van der Waals surface area contributed by atoms with Gasteiger partial charge in [0.15, 0.2) is 0 Å². The van der Waals surface area contributed by atoms with Crippen LogP contribution in [0.1, 0.15) is 36.9 Å². The molecule has 0 unspecified atom stereocenters. The quantitative estimate of drug-likeness (QED) is 0.834. The Labute approximate surface area is 113 Å². The second-order valence-corrected chi connectivity index (χ2v) is 4.65. The van der Waals surface area contributed by atoms with E-state index in [1.165, 1.54) is 0 Å². The van der Waals surface area contributed by atoms with Crippen LogP contribution in [0.25, 0.3) is 0 Å². The van der Waals surface area contributed by atoms with Gasteiger partial charge in [-0.15, -0.1) is 0 Å². The molecule has 0 aliphatic heterocycles. The molecule has 0 saturated carbocycles. The van der Waals surface area contributed by atoms with Gasteiger partial charge in [-0.3, -0.25) is 0 Å². The van der Waals surface area contributed by atoms with Crippen LogP contribution in [0.15, 0.2) is 12.1 Å². The first-order chi connectivity index (χ1) is 8.68. The van der Waals surface area contributed by atoms with Gasteiger partial charge in [-0.25, -0.2) is 4.39 Å². The number of hydrogen-bond donors (Lipinski definition) is 2. The second kappa shape index (κ2) is 6.07. The number of aliphatic hydroxyl groups is 1. The van der Waals surface area contributed by atoms with E-state index in [9.17, 15) is 22.7 Å². The first-order valence-corrected chi connectivity index (χ1v) is 6.06. The van der Waals surface area contributed by atoms with Crippen molar-refractivity contribution >= 4 is 11.6 Å². The Morgan fingerprint density at radius 1 is 1.37 bits per heavy atom. The number of aliphatic hydroxyl groups excluding tert-OH is 1. The van der Waals surface area contributed by atoms with E-state index in [1.807, 2.05) is 0 Å². The molecule has 0 aliphatic carbocycles. The third kappa shape index (κ3) is 3.81. The van der Waals surface area contributed by atoms with Crippen LogP contribution in [0, 0.1) is 5.82 Å². The largest absolute Gasteiger partial charge is 0.416 e. The van der Waals surface area contributed by atoms with Gasteiger partial charge in [0.1, 0.15) is 5.82 Å². The van der Waals surface area contributed by atoms with Crippen LogP contribution in [0.3, 0.4) is 0 Å². The fourth-order valence-corrected chi connectivity index (χ4v) is 1.93. The summed E-state index contributed by atoms with van der Waals surface area (Å²) in [7, 11) is 0. The zero-order valence-electron chi connectivity index (χ0n) is 10.1. The van der Waals surface area contributed by atoms with E-state index >= 15 is 0 Å². The summed E-state index contributed by atoms with van der Waals surface area (Å²) in [6.45, 7) is 1.77. The van der Waals surface area contributed by atoms with Gasteiger partial charge in [0, 0.05) is 5.56 Å². The highest BCUT2D eigenvalue weighted by Crippen LogP contribution is 2.35. The lowest BCUT2D eigenvalue weighted by Gasteiger charge is -2.21. The van der Waals surface area contributed by atoms with Crippen molar-refractivity contribution < 1.29 is 22.7 Å². The standard InChI is InChI=1S/C12H14ClF4NO/c1-2-3-9(19)11(18)7-4-6(12(15,16)17)5-8(13)10(7)14/h4-5,9,11,19H,2-3,18H2,1H3/t9-,11+/m0/s1. The fourth-order valence-electron chi connectivity index (χ4n) is 1.70. The molecule has 108 valence electrons. The lowest BCUT2D eigenvalue weighted by atomic mass is 9.97. The highest BCUT2D eigenvalue weighted by molar-refractivity contribution is 6.30. The van der Waals surface area contributed by atoms with Crippen LogP contribution in [-0.4, -0.2) is 11.2 Å². The summed E-state index contributed by atoms with van der Waals surface area (Å²) < 4.78 is 51.6. The van der Waals surface area contributed by atoms with Gasteiger partial charge in [-0.1, -0.05) is 24.9 Å². The normalized spacial score (nSPS) is 15.4. The van der Waals surface area contributed by atoms with Crippen molar-refractivity contribution in [2.75, 3.05) is 0 Å². The molecule has 0 fully saturated rings. The van der Waals surface area contributed by atoms with E-state index in [0.717, 1.165) is 0 Å². The van der Waals surface area contributed by atoms with Crippen molar-refractivity contribution in [1.82, 2.24) is 0 Å². The minimum Gasteiger partial charge on any atom is -0.391 e. The van der Waals surface area contributed by atoms with Crippen molar-refractivity contribution in [3.8, 4) is 0 Å². The number of rotatable bonds is 4. The molecule has 2 atom stereocenters. The van der Waals surface area contributed by atoms with Crippen molar-refractivity contribution in [2.45, 2.75) is 38.1 Å². The molecular weight excluding hydrogens is 286 g/mol. The maximum atomic E-state index is 13.7. The van der Waals surface area contributed by atoms with Crippen molar-refractivity contribution in [3.63, 3.8) is 0 Å². The molecule has 1 aromatic carbocycles. The molecule has 0 amide bonds. The maximum absolute atomic E-state index is 13.7. The molecule has 0 aliphatic rings. The lowest BCUT2D eigenvalue weighted by molar-refractivity contribution is -0.137. The molecule has 1 rings (SSSR count). The monoisotopic (exact) mass is 299 g/mol. The van der Waals surface area contributed by atoms with Gasteiger partial charge in [0.05, 0.1) is 22.7 Å². The lowest BCUT2D eigenvalue weighted by Crippen LogP contribution is -2.27. The zero-order valence-corrected chi connectivity index (χ0v) is 10.9. The van der Waals surface area contributed by atoms with E-state index in [0.29, 0.717) is 18.6 Å². The Morgan fingerprint density at radius 3 is 2.42 bits per heavy atom. The zero-order chi connectivity index (χ0) is 14.8. The molecular formula is C12H14ClF4NO. The summed E-state index contributed by atoms with van der Waals surface area (Å²) in [6.07, 6.45) is -4.95. The second-order valence-electron chi connectivity index (χ2n) is 4.24. The van der Waals surface area contributed by atoms with Gasteiger partial charge in [-0.2, -0.15) is 13.2 Å². The van der Waals surface area contributed by atoms with Crippen LogP contribution in [-0.2, 0) is 6.18 Å². The number of nitrogens with two attached hydrogens (primary N) is 1. The maximum Gasteiger partial charge on any atom is 0.416 e. The molecule has 2 nitrogen and oxygen atoms in total. The van der Waals surface area contributed by atoms with Crippen LogP contribution in [0.4, 0.5) is 17.6 Å². The van der Waals surface area contributed by atoms with Crippen LogP contribution in [0.2, 0.25) is 5.02 Å². The molecule has 0 bridgehead atoms. The summed E-state index contributed by atoms with van der Waals surface area (Å²) in [4.78, 5) is 0. The smallest absolute Gasteiger partial charge is 0.391 e. The Bertz CT molecular complexity index is 450. The molecule has 0 heterocycles. The first-order valence-electron chi connectivity index (χ1n) is 5.68. The molecule has 3 N–H and O–H groups in total. The van der Waals surface area contributed by atoms with Crippen LogP contribution in [0.5, 0.6) is 0 Å². The summed E-state index contributed by atoms with van der Waals surface area (Å²) in [5.41, 5.74) is 4.07. The molecule has 1 aromatic rings. The highest BCUT2D eigenvalue weighted by atomic mass is 35.5. The topological polar surface area (TPSA) is 46.2 Å². The summed E-state index contributed by atoms with van der Waals surface area (Å²) in [5, 5.41) is 9.00. The predicted octanol–water partition coefficient (Wildman–Crippen LogP) is 3.66. The Kier molecular flexibility index (Phi) is 5.18. The average molecular weight is 300 g/mol. The summed E-state index contributed by atoms with van der Waals surface area (Å²) in [5.74, 6) is -1.03. The van der Waals surface area contributed by atoms with Gasteiger partial charge in [0.25, 0.3) is 0 Å². The van der Waals surface area contributed by atoms with Gasteiger partial charge in [0.2, 0.25) is 0 Å². The highest BCUT2D eigenvalue weighted by Gasteiger charge is 2.33. The molecule has 7 heteroatoms. The van der Waals surface area contributed by atoms with E-state index in [-0.39, 0.29) is 6.42 Å². The third-order valence-electron chi connectivity index (χ3n) is 2.74. The minimum absolute atomic E-state index is 0.258. The third-order valence-corrected chi connectivity index (χ3v) is 3.02. The van der Waals surface area contributed by atoms with Crippen LogP contribution < -0.4 is 5.73 Å². The Balaban J connectivity index is 3.23. The van der Waals surface area contributed by atoms with E-state index in [4.69, 9.17) is 17.3 Å². The van der Waals surface area contributed by atoms with E-state index in [1.54, 1.807) is 6.92 Å². The van der Waals surface area contributed by atoms with Gasteiger partial charge in [-0.05, 0) is 18.6 Å². The van der Waals surface area contributed by atoms with Crippen molar-refractivity contribution in [1.29, 1.82) is 0 Å². The van der Waals surface area contributed by atoms with Crippen LogP contribution >= 0.6 is 11.6 Å². The summed E-state index contributed by atoms with van der Waals surface area (Å²) in [6, 6.07) is -0.163.